The number of pyridine rings is 1. The summed E-state index contributed by atoms with van der Waals surface area (Å²) in [4.78, 5) is 18.3. The summed E-state index contributed by atoms with van der Waals surface area (Å²) >= 11 is 0. The summed E-state index contributed by atoms with van der Waals surface area (Å²) in [7, 11) is 0. The second kappa shape index (κ2) is 9.05. The maximum atomic E-state index is 12.6. The van der Waals surface area contributed by atoms with Crippen LogP contribution in [0, 0.1) is 0 Å². The lowest BCUT2D eigenvalue weighted by Crippen LogP contribution is -2.50. The molecule has 5 nitrogen and oxygen atoms in total. The number of carbonyl (C=O) groups excluding carboxylic acids is 1. The molecule has 146 valence electrons. The molecule has 1 aromatic carbocycles. The highest BCUT2D eigenvalue weighted by Crippen LogP contribution is 2.30. The number of aromatic nitrogens is 1. The number of carbonyl (C=O) groups is 1. The van der Waals surface area contributed by atoms with Crippen molar-refractivity contribution in [3.05, 3.63) is 59.9 Å². The van der Waals surface area contributed by atoms with E-state index in [1.165, 1.54) is 12.1 Å². The summed E-state index contributed by atoms with van der Waals surface area (Å²) in [6.45, 7) is 1.57. The van der Waals surface area contributed by atoms with Gasteiger partial charge in [0.2, 0.25) is 0 Å². The average Bonchev–Trinajstić information content (AvgIpc) is 2.66. The Morgan fingerprint density at radius 2 is 2.00 bits per heavy atom. The molecule has 0 aliphatic carbocycles. The molecule has 27 heavy (non-hydrogen) atoms. The summed E-state index contributed by atoms with van der Waals surface area (Å²) in [6, 6.07) is 7.86. The van der Waals surface area contributed by atoms with E-state index in [0.29, 0.717) is 19.6 Å². The largest absolute Gasteiger partial charge is 0.484 e. The fourth-order valence-electron chi connectivity index (χ4n) is 2.84. The van der Waals surface area contributed by atoms with Crippen molar-refractivity contribution in [2.45, 2.75) is 12.2 Å². The Morgan fingerprint density at radius 3 is 2.63 bits per heavy atom. The Morgan fingerprint density at radius 1 is 1.26 bits per heavy atom. The molecule has 2 aromatic rings. The fourth-order valence-corrected chi connectivity index (χ4v) is 2.84. The third kappa shape index (κ3) is 5.33. The Bertz CT molecular complexity index is 742. The molecular weight excluding hydrogens is 383 g/mol. The normalized spacial score (nSPS) is 17.1. The number of ether oxygens (including phenoxy) is 1. The molecule has 3 rings (SSSR count). The van der Waals surface area contributed by atoms with E-state index >= 15 is 0 Å². The van der Waals surface area contributed by atoms with E-state index in [1.54, 1.807) is 17.3 Å². The van der Waals surface area contributed by atoms with Gasteiger partial charge in [-0.05, 0) is 35.9 Å². The van der Waals surface area contributed by atoms with Crippen LogP contribution in [0.4, 0.5) is 13.2 Å². The lowest BCUT2D eigenvalue weighted by molar-refractivity contribution is -0.138. The maximum absolute atomic E-state index is 12.6. The molecule has 1 unspecified atom stereocenters. The van der Waals surface area contributed by atoms with Crippen LogP contribution in [0.1, 0.15) is 17.2 Å². The fraction of sp³-hybridized carbons (Fsp3) is 0.333. The standard InChI is InChI=1S/C18H18F3N3O2.ClH/c19-18(20,21)14-3-5-15(6-4-14)26-12-17(25)24-9-8-23-11-16(24)13-2-1-7-22-10-13;/h1-7,10,16,23H,8-9,11-12H2;1H. The predicted molar refractivity (Wildman–Crippen MR) is 95.7 cm³/mol. The van der Waals surface area contributed by atoms with Gasteiger partial charge in [0.25, 0.3) is 5.91 Å². The zero-order valence-corrected chi connectivity index (χ0v) is 15.1. The van der Waals surface area contributed by atoms with Gasteiger partial charge in [-0.1, -0.05) is 6.07 Å². The second-order valence-corrected chi connectivity index (χ2v) is 5.90. The first kappa shape index (κ1) is 21.0. The summed E-state index contributed by atoms with van der Waals surface area (Å²) in [5, 5.41) is 3.24. The SMILES string of the molecule is Cl.O=C(COc1ccc(C(F)(F)F)cc1)N1CCNCC1c1cccnc1. The molecular formula is C18H19ClF3N3O2. The van der Waals surface area contributed by atoms with Crippen LogP contribution in [0.3, 0.4) is 0 Å². The van der Waals surface area contributed by atoms with Crippen LogP contribution in [0.15, 0.2) is 48.8 Å². The van der Waals surface area contributed by atoms with Crippen LogP contribution in [-0.4, -0.2) is 42.0 Å². The zero-order valence-electron chi connectivity index (χ0n) is 14.3. The topological polar surface area (TPSA) is 54.5 Å². The van der Waals surface area contributed by atoms with Crippen LogP contribution in [0.25, 0.3) is 0 Å². The van der Waals surface area contributed by atoms with Crippen molar-refractivity contribution in [2.24, 2.45) is 0 Å². The van der Waals surface area contributed by atoms with Crippen molar-refractivity contribution < 1.29 is 22.7 Å². The van der Waals surface area contributed by atoms with Gasteiger partial charge in [-0.25, -0.2) is 0 Å². The number of piperazine rings is 1. The molecule has 0 bridgehead atoms. The Hall–Kier alpha value is -2.32. The number of rotatable bonds is 4. The number of hydrogen-bond acceptors (Lipinski definition) is 4. The molecule has 1 saturated heterocycles. The molecule has 0 radical (unpaired) electrons. The minimum atomic E-state index is -4.40. The number of alkyl halides is 3. The summed E-state index contributed by atoms with van der Waals surface area (Å²) in [6.07, 6.45) is -1.01. The minimum Gasteiger partial charge on any atom is -0.484 e. The lowest BCUT2D eigenvalue weighted by Gasteiger charge is -2.36. The van der Waals surface area contributed by atoms with Gasteiger partial charge in [0.15, 0.2) is 6.61 Å². The second-order valence-electron chi connectivity index (χ2n) is 5.90. The van der Waals surface area contributed by atoms with Gasteiger partial charge >= 0.3 is 6.18 Å². The van der Waals surface area contributed by atoms with Crippen molar-refractivity contribution in [2.75, 3.05) is 26.2 Å². The van der Waals surface area contributed by atoms with E-state index in [-0.39, 0.29) is 36.7 Å². The van der Waals surface area contributed by atoms with Crippen LogP contribution in [-0.2, 0) is 11.0 Å². The molecule has 1 N–H and O–H groups in total. The van der Waals surface area contributed by atoms with Gasteiger partial charge in [-0.2, -0.15) is 13.2 Å². The van der Waals surface area contributed by atoms with Gasteiger partial charge < -0.3 is 15.0 Å². The van der Waals surface area contributed by atoms with E-state index in [4.69, 9.17) is 4.74 Å². The first-order valence-electron chi connectivity index (χ1n) is 8.15. The molecule has 9 heteroatoms. The monoisotopic (exact) mass is 401 g/mol. The van der Waals surface area contributed by atoms with E-state index in [9.17, 15) is 18.0 Å². The van der Waals surface area contributed by atoms with Crippen LogP contribution < -0.4 is 10.1 Å². The molecule has 2 heterocycles. The Kier molecular flexibility index (Phi) is 7.04. The average molecular weight is 402 g/mol. The molecule has 1 atom stereocenters. The molecule has 1 aliphatic rings. The van der Waals surface area contributed by atoms with Gasteiger partial charge in [0.1, 0.15) is 5.75 Å². The van der Waals surface area contributed by atoms with E-state index in [0.717, 1.165) is 17.7 Å². The Balaban J connectivity index is 0.00000261. The number of nitrogens with one attached hydrogen (secondary N) is 1. The highest BCUT2D eigenvalue weighted by molar-refractivity contribution is 5.85. The number of benzene rings is 1. The number of hydrogen-bond donors (Lipinski definition) is 1. The zero-order chi connectivity index (χ0) is 18.6. The lowest BCUT2D eigenvalue weighted by atomic mass is 10.1. The molecule has 0 saturated carbocycles. The first-order chi connectivity index (χ1) is 12.4. The van der Waals surface area contributed by atoms with Crippen LogP contribution in [0.5, 0.6) is 5.75 Å². The number of halogens is 4. The highest BCUT2D eigenvalue weighted by Gasteiger charge is 2.30. The van der Waals surface area contributed by atoms with Crippen molar-refractivity contribution in [3.63, 3.8) is 0 Å². The van der Waals surface area contributed by atoms with E-state index < -0.39 is 11.7 Å². The van der Waals surface area contributed by atoms with Gasteiger partial charge in [-0.15, -0.1) is 12.4 Å². The summed E-state index contributed by atoms with van der Waals surface area (Å²) in [5.41, 5.74) is 0.164. The van der Waals surface area contributed by atoms with Crippen molar-refractivity contribution in [1.29, 1.82) is 0 Å². The smallest absolute Gasteiger partial charge is 0.416 e. The summed E-state index contributed by atoms with van der Waals surface area (Å²) in [5.74, 6) is -0.000312. The van der Waals surface area contributed by atoms with E-state index in [2.05, 4.69) is 10.3 Å². The number of amides is 1. The molecule has 0 spiro atoms. The third-order valence-electron chi connectivity index (χ3n) is 4.18. The molecule has 1 amide bonds. The highest BCUT2D eigenvalue weighted by atomic mass is 35.5. The molecule has 1 aromatic heterocycles. The summed E-state index contributed by atoms with van der Waals surface area (Å²) < 4.78 is 43.1. The van der Waals surface area contributed by atoms with Gasteiger partial charge in [-0.3, -0.25) is 9.78 Å². The van der Waals surface area contributed by atoms with E-state index in [1.807, 2.05) is 12.1 Å². The number of nitrogens with zero attached hydrogens (tertiary/aromatic N) is 2. The molecule has 1 fully saturated rings. The van der Waals surface area contributed by atoms with Crippen molar-refractivity contribution in [1.82, 2.24) is 15.2 Å². The minimum absolute atomic E-state index is 0. The van der Waals surface area contributed by atoms with Crippen LogP contribution in [0.2, 0.25) is 0 Å². The van der Waals surface area contributed by atoms with Gasteiger partial charge in [0.05, 0.1) is 11.6 Å². The van der Waals surface area contributed by atoms with Crippen LogP contribution >= 0.6 is 12.4 Å². The first-order valence-corrected chi connectivity index (χ1v) is 8.15. The third-order valence-corrected chi connectivity index (χ3v) is 4.18. The maximum Gasteiger partial charge on any atom is 0.416 e. The quantitative estimate of drug-likeness (QED) is 0.855. The van der Waals surface area contributed by atoms with Crippen molar-refractivity contribution >= 4 is 18.3 Å². The van der Waals surface area contributed by atoms with Gasteiger partial charge in [0, 0.05) is 32.0 Å². The Labute approximate surface area is 160 Å². The molecule has 1 aliphatic heterocycles. The van der Waals surface area contributed by atoms with Crippen molar-refractivity contribution in [3.8, 4) is 5.75 Å². The predicted octanol–water partition coefficient (Wildman–Crippen LogP) is 3.07.